The van der Waals surface area contributed by atoms with Crippen LogP contribution in [0.25, 0.3) is 10.9 Å². The molecule has 0 spiro atoms. The zero-order valence-corrected chi connectivity index (χ0v) is 19.4. The van der Waals surface area contributed by atoms with Gasteiger partial charge in [-0.15, -0.1) is 0 Å². The average molecular weight is 460 g/mol. The van der Waals surface area contributed by atoms with Crippen LogP contribution in [0.1, 0.15) is 21.5 Å². The van der Waals surface area contributed by atoms with Crippen LogP contribution in [0.2, 0.25) is 0 Å². The number of para-hydroxylation sites is 2. The van der Waals surface area contributed by atoms with Gasteiger partial charge in [-0.3, -0.25) is 4.99 Å². The van der Waals surface area contributed by atoms with Crippen LogP contribution in [0.15, 0.2) is 114 Å². The minimum atomic E-state index is -0.331. The van der Waals surface area contributed by atoms with Crippen LogP contribution in [-0.2, 0) is 11.3 Å². The van der Waals surface area contributed by atoms with E-state index in [4.69, 9.17) is 9.73 Å². The number of carbonyl (C=O) groups excluding carboxylic acids is 1. The standard InChI is InChI=1S/C30H25N3O2/c1-35-30(34)23-9-7-8-22(18-23)20-33-21-24(28-12-5-6-13-29(28)33)19-31-25-14-16-27(17-15-25)32-26-10-3-2-4-11-26/h2-19,21,32H,20H2,1H3. The molecule has 0 atom stereocenters. The molecule has 5 aromatic rings. The van der Waals surface area contributed by atoms with E-state index in [1.165, 1.54) is 7.11 Å². The SMILES string of the molecule is COC(=O)c1cccc(Cn2cc(C=Nc3ccc(Nc4ccccc4)cc3)c3ccccc32)c1. The first-order valence-corrected chi connectivity index (χ1v) is 11.4. The molecule has 0 amide bonds. The number of rotatable bonds is 7. The number of ether oxygens (including phenoxy) is 1. The van der Waals surface area contributed by atoms with Crippen LogP contribution in [0.3, 0.4) is 0 Å². The second kappa shape index (κ2) is 10.1. The van der Waals surface area contributed by atoms with E-state index in [-0.39, 0.29) is 5.97 Å². The third kappa shape index (κ3) is 5.14. The second-order valence-corrected chi connectivity index (χ2v) is 8.22. The van der Waals surface area contributed by atoms with Crippen LogP contribution >= 0.6 is 0 Å². The maximum absolute atomic E-state index is 11.9. The van der Waals surface area contributed by atoms with Gasteiger partial charge in [-0.25, -0.2) is 4.79 Å². The monoisotopic (exact) mass is 459 g/mol. The van der Waals surface area contributed by atoms with Crippen molar-refractivity contribution in [2.75, 3.05) is 12.4 Å². The van der Waals surface area contributed by atoms with E-state index >= 15 is 0 Å². The molecule has 1 heterocycles. The zero-order valence-electron chi connectivity index (χ0n) is 19.4. The first kappa shape index (κ1) is 22.2. The predicted octanol–water partition coefficient (Wildman–Crippen LogP) is 6.97. The summed E-state index contributed by atoms with van der Waals surface area (Å²) in [6.45, 7) is 0.638. The summed E-state index contributed by atoms with van der Waals surface area (Å²) in [5.74, 6) is -0.331. The summed E-state index contributed by atoms with van der Waals surface area (Å²) in [5, 5.41) is 4.51. The summed E-state index contributed by atoms with van der Waals surface area (Å²) in [6.07, 6.45) is 4.01. The first-order chi connectivity index (χ1) is 17.2. The Morgan fingerprint density at radius 2 is 1.63 bits per heavy atom. The van der Waals surface area contributed by atoms with Gasteiger partial charge in [-0.2, -0.15) is 0 Å². The van der Waals surface area contributed by atoms with Crippen LogP contribution in [0, 0.1) is 0 Å². The van der Waals surface area contributed by atoms with Crippen molar-refractivity contribution >= 4 is 40.1 Å². The molecule has 35 heavy (non-hydrogen) atoms. The largest absolute Gasteiger partial charge is 0.465 e. The van der Waals surface area contributed by atoms with Gasteiger partial charge in [0, 0.05) is 46.8 Å². The Morgan fingerprint density at radius 3 is 2.43 bits per heavy atom. The first-order valence-electron chi connectivity index (χ1n) is 11.4. The Kier molecular flexibility index (Phi) is 6.39. The average Bonchev–Trinajstić information content (AvgIpc) is 3.26. The molecule has 1 aromatic heterocycles. The molecule has 0 fully saturated rings. The van der Waals surface area contributed by atoms with Gasteiger partial charge in [0.15, 0.2) is 0 Å². The maximum atomic E-state index is 11.9. The van der Waals surface area contributed by atoms with Crippen molar-refractivity contribution < 1.29 is 9.53 Å². The molecule has 0 radical (unpaired) electrons. The number of hydrogen-bond acceptors (Lipinski definition) is 4. The van der Waals surface area contributed by atoms with Gasteiger partial charge in [-0.05, 0) is 60.2 Å². The lowest BCUT2D eigenvalue weighted by Gasteiger charge is -2.07. The molecule has 0 aliphatic rings. The highest BCUT2D eigenvalue weighted by Crippen LogP contribution is 2.24. The third-order valence-corrected chi connectivity index (χ3v) is 5.80. The number of carbonyl (C=O) groups is 1. The van der Waals surface area contributed by atoms with Crippen molar-refractivity contribution in [2.45, 2.75) is 6.54 Å². The van der Waals surface area contributed by atoms with Crippen molar-refractivity contribution in [3.8, 4) is 0 Å². The lowest BCUT2D eigenvalue weighted by atomic mass is 10.1. The smallest absolute Gasteiger partial charge is 0.337 e. The lowest BCUT2D eigenvalue weighted by Crippen LogP contribution is -2.03. The Labute approximate surface area is 204 Å². The summed E-state index contributed by atoms with van der Waals surface area (Å²) in [6, 6.07) is 33.9. The third-order valence-electron chi connectivity index (χ3n) is 5.80. The fourth-order valence-electron chi connectivity index (χ4n) is 4.08. The number of hydrogen-bond donors (Lipinski definition) is 1. The highest BCUT2D eigenvalue weighted by molar-refractivity contribution is 6.00. The molecule has 0 bridgehead atoms. The van der Waals surface area contributed by atoms with E-state index in [9.17, 15) is 4.79 Å². The fourth-order valence-corrected chi connectivity index (χ4v) is 4.08. The number of aromatic nitrogens is 1. The summed E-state index contributed by atoms with van der Waals surface area (Å²) in [4.78, 5) is 16.6. The van der Waals surface area contributed by atoms with Gasteiger partial charge in [0.25, 0.3) is 0 Å². The Bertz CT molecular complexity index is 1490. The number of fused-ring (bicyclic) bond motifs is 1. The number of aliphatic imine (C=N–C) groups is 1. The van der Waals surface area contributed by atoms with Crippen LogP contribution in [0.4, 0.5) is 17.1 Å². The summed E-state index contributed by atoms with van der Waals surface area (Å²) in [7, 11) is 1.40. The Hall–Kier alpha value is -4.64. The van der Waals surface area contributed by atoms with Gasteiger partial charge in [0.1, 0.15) is 0 Å². The molecule has 5 nitrogen and oxygen atoms in total. The van der Waals surface area contributed by atoms with Crippen LogP contribution in [-0.4, -0.2) is 23.9 Å². The number of methoxy groups -OCH3 is 1. The number of benzene rings is 4. The quantitative estimate of drug-likeness (QED) is 0.211. The minimum Gasteiger partial charge on any atom is -0.465 e. The molecule has 172 valence electrons. The van der Waals surface area contributed by atoms with Crippen molar-refractivity contribution in [3.05, 3.63) is 126 Å². The van der Waals surface area contributed by atoms with Gasteiger partial charge in [0.2, 0.25) is 0 Å². The summed E-state index contributed by atoms with van der Waals surface area (Å²) < 4.78 is 7.04. The molecule has 0 saturated carbocycles. The number of esters is 1. The Balaban J connectivity index is 1.37. The molecular formula is C30H25N3O2. The molecular weight excluding hydrogens is 434 g/mol. The zero-order chi connectivity index (χ0) is 24.0. The molecule has 1 N–H and O–H groups in total. The number of nitrogens with one attached hydrogen (secondary N) is 1. The topological polar surface area (TPSA) is 55.6 Å². The predicted molar refractivity (Wildman–Crippen MR) is 142 cm³/mol. The van der Waals surface area contributed by atoms with E-state index in [1.54, 1.807) is 6.07 Å². The van der Waals surface area contributed by atoms with Crippen molar-refractivity contribution in [3.63, 3.8) is 0 Å². The van der Waals surface area contributed by atoms with Gasteiger partial charge < -0.3 is 14.6 Å². The van der Waals surface area contributed by atoms with Crippen molar-refractivity contribution in [1.29, 1.82) is 0 Å². The summed E-state index contributed by atoms with van der Waals surface area (Å²) >= 11 is 0. The van der Waals surface area contributed by atoms with E-state index in [1.807, 2.05) is 91.1 Å². The molecule has 5 heteroatoms. The number of anilines is 2. The van der Waals surface area contributed by atoms with Crippen LogP contribution < -0.4 is 5.32 Å². The van der Waals surface area contributed by atoms with Crippen molar-refractivity contribution in [2.24, 2.45) is 4.99 Å². The second-order valence-electron chi connectivity index (χ2n) is 8.22. The van der Waals surface area contributed by atoms with E-state index in [0.717, 1.165) is 39.1 Å². The molecule has 5 rings (SSSR count). The highest BCUT2D eigenvalue weighted by Gasteiger charge is 2.10. The number of nitrogens with zero attached hydrogens (tertiary/aromatic N) is 2. The van der Waals surface area contributed by atoms with Gasteiger partial charge in [0.05, 0.1) is 18.4 Å². The highest BCUT2D eigenvalue weighted by atomic mass is 16.5. The fraction of sp³-hybridized carbons (Fsp3) is 0.0667. The molecule has 0 saturated heterocycles. The molecule has 0 unspecified atom stereocenters. The minimum absolute atomic E-state index is 0.331. The van der Waals surface area contributed by atoms with Gasteiger partial charge in [-0.1, -0.05) is 48.5 Å². The van der Waals surface area contributed by atoms with E-state index < -0.39 is 0 Å². The molecule has 0 aliphatic carbocycles. The van der Waals surface area contributed by atoms with E-state index in [0.29, 0.717) is 12.1 Å². The molecule has 0 aliphatic heterocycles. The van der Waals surface area contributed by atoms with Crippen LogP contribution in [0.5, 0.6) is 0 Å². The van der Waals surface area contributed by atoms with E-state index in [2.05, 4.69) is 28.2 Å². The molecule has 4 aromatic carbocycles. The maximum Gasteiger partial charge on any atom is 0.337 e. The van der Waals surface area contributed by atoms with Gasteiger partial charge >= 0.3 is 5.97 Å². The normalized spacial score (nSPS) is 11.1. The Morgan fingerprint density at radius 1 is 0.886 bits per heavy atom. The lowest BCUT2D eigenvalue weighted by molar-refractivity contribution is 0.0600. The van der Waals surface area contributed by atoms with Crippen molar-refractivity contribution in [1.82, 2.24) is 4.57 Å². The summed E-state index contributed by atoms with van der Waals surface area (Å²) in [5.41, 5.74) is 6.67.